The van der Waals surface area contributed by atoms with Crippen LogP contribution in [0.5, 0.6) is 0 Å². The second-order valence-corrected chi connectivity index (χ2v) is 0.258. The van der Waals surface area contributed by atoms with Gasteiger partial charge in [0.25, 0.3) is 0 Å². The first-order valence-corrected chi connectivity index (χ1v) is 0.836. The molecule has 0 heterocycles. The van der Waals surface area contributed by atoms with Gasteiger partial charge in [0, 0.05) is 44.1 Å². The van der Waals surface area contributed by atoms with E-state index in [1.807, 2.05) is 0 Å². The van der Waals surface area contributed by atoms with Crippen LogP contribution in [0.25, 0.3) is 0 Å². The Morgan fingerprint density at radius 2 is 1.75 bits per heavy atom. The normalized spacial score (nSPS) is 4.50. The van der Waals surface area contributed by atoms with E-state index >= 15 is 0 Å². The Hall–Kier alpha value is 1.40. The average molecular weight is 272 g/mol. The van der Waals surface area contributed by atoms with Crippen LogP contribution in [0.1, 0.15) is 6.92 Å². The van der Waals surface area contributed by atoms with E-state index in [0.717, 1.165) is 6.61 Å². The van der Waals surface area contributed by atoms with E-state index < -0.39 is 0 Å². The largest absolute Gasteiger partial charge is 0.566 e. The molecule has 0 bridgehead atoms. The molecule has 0 amide bonds. The van der Waals surface area contributed by atoms with Crippen molar-refractivity contribution in [2.75, 3.05) is 0 Å². The first-order chi connectivity index (χ1) is 1.41. The molecule has 1 radical (unpaired) electrons. The van der Waals surface area contributed by atoms with Crippen LogP contribution < -0.4 is 0 Å². The molecule has 0 unspecified atom stereocenters. The summed E-state index contributed by atoms with van der Waals surface area (Å²) >= 11 is 0. The van der Waals surface area contributed by atoms with Crippen molar-refractivity contribution in [3.05, 3.63) is 6.61 Å². The van der Waals surface area contributed by atoms with E-state index in [2.05, 4.69) is 0 Å². The number of aliphatic hydroxyl groups is 1. The molecule has 0 aromatic carbocycles. The van der Waals surface area contributed by atoms with Crippen molar-refractivity contribution in [1.82, 2.24) is 0 Å². The van der Waals surface area contributed by atoms with Gasteiger partial charge < -0.3 is 5.11 Å². The van der Waals surface area contributed by atoms with Gasteiger partial charge in [-0.3, -0.25) is 0 Å². The van der Waals surface area contributed by atoms with Gasteiger partial charge in [-0.1, -0.05) is 0 Å². The monoisotopic (exact) mass is 272 g/mol. The summed E-state index contributed by atoms with van der Waals surface area (Å²) in [5.74, 6) is 0. The maximum absolute atomic E-state index is 7.44. The summed E-state index contributed by atoms with van der Waals surface area (Å²) in [6.45, 7) is 2.56. The maximum Gasteiger partial charge on any atom is 0 e. The van der Waals surface area contributed by atoms with E-state index in [1.165, 1.54) is 0 Å². The molecule has 0 aliphatic carbocycles. The van der Waals surface area contributed by atoms with Gasteiger partial charge in [-0.25, -0.2) is 6.61 Å². The minimum absolute atomic E-state index is 0. The van der Waals surface area contributed by atoms with Crippen molar-refractivity contribution in [3.63, 3.8) is 0 Å². The Morgan fingerprint density at radius 3 is 1.75 bits per heavy atom. The molecule has 0 aliphatic heterocycles. The molecule has 0 aliphatic rings. The molecule has 0 fully saturated rings. The van der Waals surface area contributed by atoms with Gasteiger partial charge >= 0.3 is 0 Å². The van der Waals surface area contributed by atoms with Crippen LogP contribution in [-0.4, -0.2) is 5.11 Å². The zero-order valence-electron chi connectivity index (χ0n) is 2.60. The number of rotatable bonds is 0. The molecule has 0 aromatic rings. The third-order valence-electron chi connectivity index (χ3n) is 0. The van der Waals surface area contributed by atoms with Gasteiger partial charge in [-0.15, -0.1) is 0 Å². The van der Waals surface area contributed by atoms with Crippen LogP contribution >= 0.6 is 0 Å². The molecule has 0 saturated carbocycles. The fourth-order valence-electron chi connectivity index (χ4n) is 0. The zero-order valence-corrected chi connectivity index (χ0v) is 7.35. The molecule has 0 atom stereocenters. The van der Waals surface area contributed by atoms with Crippen molar-refractivity contribution in [3.8, 4) is 0 Å². The Labute approximate surface area is 62.0 Å². The van der Waals surface area contributed by atoms with Crippen LogP contribution in [0.2, 0.25) is 0 Å². The van der Waals surface area contributed by atoms with E-state index in [-0.39, 0.29) is 44.1 Å². The predicted molar refractivity (Wildman–Crippen MR) is 11.9 cm³/mol. The Kier molecular flexibility index (Phi) is 20.0. The van der Waals surface area contributed by atoms with Gasteiger partial charge in [-0.2, -0.15) is 6.92 Å². The van der Waals surface area contributed by atoms with Gasteiger partial charge in [0.1, 0.15) is 0 Å². The standard InChI is InChI=1S/C2H5O.Ac/c1-2-3;/h2-3H,1H3;/q-1;. The summed E-state index contributed by atoms with van der Waals surface area (Å²) in [6.07, 6.45) is 0. The molecule has 0 rings (SSSR count). The molecule has 2 heteroatoms. The molecular weight excluding hydrogens is 267 g/mol. The number of hydrogen-bond acceptors (Lipinski definition) is 1. The quantitative estimate of drug-likeness (QED) is 0.638. The third kappa shape index (κ3) is 9.99. The molecular formula is C2H5AcO-. The van der Waals surface area contributed by atoms with E-state index in [4.69, 9.17) is 5.11 Å². The van der Waals surface area contributed by atoms with Gasteiger partial charge in [-0.05, 0) is 0 Å². The summed E-state index contributed by atoms with van der Waals surface area (Å²) in [5.41, 5.74) is 0. The fraction of sp³-hybridized carbons (Fsp3) is 0.500. The molecule has 0 aromatic heterocycles. The molecule has 1 N–H and O–H groups in total. The summed E-state index contributed by atoms with van der Waals surface area (Å²) in [5, 5.41) is 7.44. The fourth-order valence-corrected chi connectivity index (χ4v) is 0. The van der Waals surface area contributed by atoms with E-state index in [0.29, 0.717) is 0 Å². The van der Waals surface area contributed by atoms with Crippen LogP contribution in [0.4, 0.5) is 0 Å². The van der Waals surface area contributed by atoms with E-state index in [9.17, 15) is 0 Å². The van der Waals surface area contributed by atoms with Crippen LogP contribution in [0.3, 0.4) is 0 Å². The molecule has 23 valence electrons. The second kappa shape index (κ2) is 8.83. The average Bonchev–Trinajstić information content (AvgIpc) is 0.918. The minimum atomic E-state index is 0. The Bertz CT molecular complexity index is 6.00. The third-order valence-corrected chi connectivity index (χ3v) is 0. The van der Waals surface area contributed by atoms with Crippen molar-refractivity contribution in [2.24, 2.45) is 0 Å². The topological polar surface area (TPSA) is 20.2 Å². The molecule has 0 saturated heterocycles. The first-order valence-electron chi connectivity index (χ1n) is 0.836. The Morgan fingerprint density at radius 1 is 1.75 bits per heavy atom. The van der Waals surface area contributed by atoms with Crippen LogP contribution in [0, 0.1) is 50.7 Å². The zero-order chi connectivity index (χ0) is 2.71. The van der Waals surface area contributed by atoms with Crippen molar-refractivity contribution in [2.45, 2.75) is 6.92 Å². The second-order valence-electron chi connectivity index (χ2n) is 0.258. The van der Waals surface area contributed by atoms with Crippen molar-refractivity contribution < 1.29 is 49.2 Å². The van der Waals surface area contributed by atoms with Gasteiger partial charge in [0.05, 0.1) is 0 Å². The molecule has 0 spiro atoms. The summed E-state index contributed by atoms with van der Waals surface area (Å²) < 4.78 is 0. The van der Waals surface area contributed by atoms with E-state index in [1.54, 1.807) is 6.92 Å². The summed E-state index contributed by atoms with van der Waals surface area (Å²) in [6, 6.07) is 0. The SMILES string of the molecule is C[CH-]O.[Ac]. The molecule has 4 heavy (non-hydrogen) atoms. The van der Waals surface area contributed by atoms with Crippen molar-refractivity contribution >= 4 is 0 Å². The number of aliphatic hydroxyl groups excluding tert-OH is 1. The minimum Gasteiger partial charge on any atom is -0.566 e. The summed E-state index contributed by atoms with van der Waals surface area (Å²) in [7, 11) is 0. The van der Waals surface area contributed by atoms with Gasteiger partial charge in [0.15, 0.2) is 0 Å². The molecule has 1 nitrogen and oxygen atoms in total. The maximum atomic E-state index is 7.44. The Balaban J connectivity index is 0. The van der Waals surface area contributed by atoms with Crippen LogP contribution in [-0.2, 0) is 0 Å². The van der Waals surface area contributed by atoms with Gasteiger partial charge in [0.2, 0.25) is 0 Å². The predicted octanol–water partition coefficient (Wildman–Crippen LogP) is 0.541. The number of hydrogen-bond donors (Lipinski definition) is 1. The van der Waals surface area contributed by atoms with Crippen LogP contribution in [0.15, 0.2) is 0 Å². The smallest absolute Gasteiger partial charge is 0 e. The van der Waals surface area contributed by atoms with Crippen molar-refractivity contribution in [1.29, 1.82) is 0 Å². The first kappa shape index (κ1) is 9.04. The summed E-state index contributed by atoms with van der Waals surface area (Å²) in [4.78, 5) is 0.